The van der Waals surface area contributed by atoms with E-state index in [2.05, 4.69) is 5.32 Å². The molecule has 2 atom stereocenters. The molecule has 0 saturated carbocycles. The predicted octanol–water partition coefficient (Wildman–Crippen LogP) is 4.65. The monoisotopic (exact) mass is 500 g/mol. The average Bonchev–Trinajstić information content (AvgIpc) is 2.92. The van der Waals surface area contributed by atoms with Gasteiger partial charge in [0.1, 0.15) is 5.75 Å². The Morgan fingerprint density at radius 2 is 1.73 bits per heavy atom. The van der Waals surface area contributed by atoms with Crippen LogP contribution < -0.4 is 19.5 Å². The molecule has 0 fully saturated rings. The normalized spacial score (nSPS) is 17.8. The van der Waals surface area contributed by atoms with Crippen molar-refractivity contribution >= 4 is 11.8 Å². The number of nitrogens with zero attached hydrogens (tertiary/aromatic N) is 1. The zero-order chi connectivity index (χ0) is 25.9. The van der Waals surface area contributed by atoms with Crippen LogP contribution in [0.15, 0.2) is 60.7 Å². The first-order valence-corrected chi connectivity index (χ1v) is 12.8. The van der Waals surface area contributed by atoms with Crippen LogP contribution in [0.25, 0.3) is 0 Å². The van der Waals surface area contributed by atoms with Crippen LogP contribution in [0.1, 0.15) is 58.4 Å². The molecule has 0 unspecified atom stereocenters. The Hall–Kier alpha value is -4.00. The lowest BCUT2D eigenvalue weighted by molar-refractivity contribution is -0.124. The Bertz CT molecular complexity index is 1320. The van der Waals surface area contributed by atoms with E-state index in [9.17, 15) is 9.59 Å². The summed E-state index contributed by atoms with van der Waals surface area (Å²) in [5.41, 5.74) is 4.28. The molecule has 1 N–H and O–H groups in total. The number of fused-ring (bicyclic) bond motifs is 4. The van der Waals surface area contributed by atoms with E-state index in [1.165, 1.54) is 0 Å². The Labute approximate surface area is 217 Å². The fourth-order valence-corrected chi connectivity index (χ4v) is 5.44. The predicted molar refractivity (Wildman–Crippen MR) is 140 cm³/mol. The molecule has 0 spiro atoms. The Morgan fingerprint density at radius 3 is 2.49 bits per heavy atom. The van der Waals surface area contributed by atoms with E-state index in [0.717, 1.165) is 28.0 Å². The van der Waals surface area contributed by atoms with Crippen molar-refractivity contribution in [2.75, 3.05) is 26.9 Å². The number of nitrogens with one attached hydrogen (secondary N) is 1. The topological polar surface area (TPSA) is 77.1 Å². The van der Waals surface area contributed by atoms with E-state index < -0.39 is 12.0 Å². The third kappa shape index (κ3) is 4.61. The highest BCUT2D eigenvalue weighted by atomic mass is 16.5. The number of hydrogen-bond acceptors (Lipinski definition) is 5. The number of rotatable bonds is 8. The highest BCUT2D eigenvalue weighted by molar-refractivity contribution is 6.01. The van der Waals surface area contributed by atoms with Crippen LogP contribution in [0.5, 0.6) is 17.2 Å². The van der Waals surface area contributed by atoms with Crippen LogP contribution in [-0.4, -0.2) is 43.6 Å². The molecule has 2 amide bonds. The number of carbonyl (C=O) groups is 2. The summed E-state index contributed by atoms with van der Waals surface area (Å²) in [5, 5.41) is 3.12. The van der Waals surface area contributed by atoms with Gasteiger partial charge in [-0.3, -0.25) is 9.59 Å². The van der Waals surface area contributed by atoms with Gasteiger partial charge in [-0.1, -0.05) is 30.3 Å². The first-order valence-electron chi connectivity index (χ1n) is 12.8. The van der Waals surface area contributed by atoms with E-state index in [-0.39, 0.29) is 11.8 Å². The van der Waals surface area contributed by atoms with Crippen molar-refractivity contribution in [1.82, 2.24) is 10.2 Å². The van der Waals surface area contributed by atoms with Gasteiger partial charge in [0, 0.05) is 18.7 Å². The van der Waals surface area contributed by atoms with Gasteiger partial charge < -0.3 is 24.4 Å². The van der Waals surface area contributed by atoms with Gasteiger partial charge in [0.2, 0.25) is 5.91 Å². The lowest BCUT2D eigenvalue weighted by Gasteiger charge is -2.45. The summed E-state index contributed by atoms with van der Waals surface area (Å²) in [6.45, 7) is 5.77. The quantitative estimate of drug-likeness (QED) is 0.487. The minimum Gasteiger partial charge on any atom is -0.497 e. The van der Waals surface area contributed by atoms with Gasteiger partial charge >= 0.3 is 0 Å². The van der Waals surface area contributed by atoms with Crippen LogP contribution in [0, 0.1) is 0 Å². The van der Waals surface area contributed by atoms with Gasteiger partial charge in [0.05, 0.1) is 32.3 Å². The smallest absolute Gasteiger partial charge is 0.254 e. The van der Waals surface area contributed by atoms with Crippen molar-refractivity contribution in [2.24, 2.45) is 0 Å². The molecule has 3 aromatic carbocycles. The van der Waals surface area contributed by atoms with E-state index in [1.807, 2.05) is 79.4 Å². The van der Waals surface area contributed by atoms with Crippen molar-refractivity contribution in [3.8, 4) is 17.2 Å². The average molecular weight is 501 g/mol. The highest BCUT2D eigenvalue weighted by Gasteiger charge is 2.46. The van der Waals surface area contributed by atoms with Gasteiger partial charge in [-0.25, -0.2) is 0 Å². The van der Waals surface area contributed by atoms with Crippen molar-refractivity contribution in [2.45, 2.75) is 38.8 Å². The summed E-state index contributed by atoms with van der Waals surface area (Å²) in [6, 6.07) is 18.6. The van der Waals surface area contributed by atoms with Crippen LogP contribution in [0.3, 0.4) is 0 Å². The minimum absolute atomic E-state index is 0.0464. The Kier molecular flexibility index (Phi) is 7.04. The summed E-state index contributed by atoms with van der Waals surface area (Å²) < 4.78 is 17.1. The third-order valence-corrected chi connectivity index (χ3v) is 7.07. The highest BCUT2D eigenvalue weighted by Crippen LogP contribution is 2.48. The lowest BCUT2D eigenvalue weighted by Crippen LogP contribution is -2.50. The minimum atomic E-state index is -0.564. The Balaban J connectivity index is 1.56. The molecule has 0 aromatic heterocycles. The molecule has 2 aliphatic heterocycles. The van der Waals surface area contributed by atoms with Crippen LogP contribution in [-0.2, 0) is 17.8 Å². The zero-order valence-electron chi connectivity index (χ0n) is 21.5. The molecule has 2 aliphatic rings. The van der Waals surface area contributed by atoms with E-state index in [0.29, 0.717) is 49.8 Å². The van der Waals surface area contributed by atoms with Crippen LogP contribution >= 0.6 is 0 Å². The van der Waals surface area contributed by atoms with Gasteiger partial charge in [-0.15, -0.1) is 0 Å². The van der Waals surface area contributed by atoms with Crippen LogP contribution in [0.4, 0.5) is 0 Å². The van der Waals surface area contributed by atoms with Gasteiger partial charge in [0.15, 0.2) is 11.5 Å². The summed E-state index contributed by atoms with van der Waals surface area (Å²) in [4.78, 5) is 29.3. The second kappa shape index (κ2) is 10.5. The lowest BCUT2D eigenvalue weighted by atomic mass is 9.75. The number of methoxy groups -OCH3 is 1. The molecule has 5 rings (SSSR count). The molecule has 2 heterocycles. The number of ether oxygens (including phenoxy) is 3. The van der Waals surface area contributed by atoms with Gasteiger partial charge in [-0.05, 0) is 72.9 Å². The first kappa shape index (κ1) is 24.7. The standard InChI is InChI=1S/C30H32N2O5/c1-4-36-25-16-20-13-14-32-28(24(20)17-26(25)37-5-2)27(22-11-6-7-12-23(22)30(32)34)29(33)31-18-19-9-8-10-21(15-19)35-3/h6-12,15-17,27-28H,4-5,13-14,18H2,1-3H3,(H,31,33)/t27-,28+/m0/s1. The van der Waals surface area contributed by atoms with Crippen molar-refractivity contribution < 1.29 is 23.8 Å². The first-order chi connectivity index (χ1) is 18.0. The molecule has 7 heteroatoms. The maximum absolute atomic E-state index is 13.9. The molecule has 7 nitrogen and oxygen atoms in total. The SMILES string of the molecule is CCOc1cc2c(cc1OCC)[C@@H]1[C@@H](C(=O)NCc3cccc(OC)c3)c3ccccc3C(=O)N1CC2. The molecule has 0 saturated heterocycles. The Morgan fingerprint density at radius 1 is 0.973 bits per heavy atom. The fraction of sp³-hybridized carbons (Fsp3) is 0.333. The van der Waals surface area contributed by atoms with E-state index >= 15 is 0 Å². The van der Waals surface area contributed by atoms with Gasteiger partial charge in [0.25, 0.3) is 5.91 Å². The number of carbonyl (C=O) groups excluding carboxylic acids is 2. The summed E-state index contributed by atoms with van der Waals surface area (Å²) in [6.07, 6.45) is 0.685. The van der Waals surface area contributed by atoms with Crippen molar-refractivity contribution in [3.05, 3.63) is 88.5 Å². The van der Waals surface area contributed by atoms with E-state index in [4.69, 9.17) is 14.2 Å². The molecular formula is C30H32N2O5. The fourth-order valence-electron chi connectivity index (χ4n) is 5.44. The largest absolute Gasteiger partial charge is 0.497 e. The molecule has 3 aromatic rings. The number of amides is 2. The molecule has 0 radical (unpaired) electrons. The summed E-state index contributed by atoms with van der Waals surface area (Å²) in [5.74, 6) is 1.32. The molecule has 0 aliphatic carbocycles. The maximum atomic E-state index is 13.9. The summed E-state index contributed by atoms with van der Waals surface area (Å²) >= 11 is 0. The van der Waals surface area contributed by atoms with Crippen molar-refractivity contribution in [3.63, 3.8) is 0 Å². The van der Waals surface area contributed by atoms with Crippen molar-refractivity contribution in [1.29, 1.82) is 0 Å². The molecule has 192 valence electrons. The number of hydrogen-bond donors (Lipinski definition) is 1. The molecular weight excluding hydrogens is 468 g/mol. The van der Waals surface area contributed by atoms with E-state index in [1.54, 1.807) is 7.11 Å². The number of benzene rings is 3. The van der Waals surface area contributed by atoms with Crippen LogP contribution in [0.2, 0.25) is 0 Å². The van der Waals surface area contributed by atoms with Gasteiger partial charge in [-0.2, -0.15) is 0 Å². The third-order valence-electron chi connectivity index (χ3n) is 7.07. The maximum Gasteiger partial charge on any atom is 0.254 e. The second-order valence-electron chi connectivity index (χ2n) is 9.19. The molecule has 0 bridgehead atoms. The zero-order valence-corrected chi connectivity index (χ0v) is 21.5. The molecule has 37 heavy (non-hydrogen) atoms. The second-order valence-corrected chi connectivity index (χ2v) is 9.19. The summed E-state index contributed by atoms with van der Waals surface area (Å²) in [7, 11) is 1.62.